The molecule has 1 aromatic rings. The van der Waals surface area contributed by atoms with Crippen LogP contribution in [0, 0.1) is 6.92 Å². The number of hydrogen-bond acceptors (Lipinski definition) is 3. The maximum absolute atomic E-state index is 11.0. The Morgan fingerprint density at radius 1 is 1.46 bits per heavy atom. The number of benzene rings is 1. The molecule has 0 amide bonds. The topological polar surface area (TPSA) is 60.2 Å². The zero-order valence-electron chi connectivity index (χ0n) is 6.78. The number of nitrogens with two attached hydrogens (primary N) is 1. The third kappa shape index (κ3) is 2.37. The SMILES string of the molecule is Cc1cc(S(N)(=O)=O)c(S)cc1Cl. The smallest absolute Gasteiger partial charge is 0.225 e. The van der Waals surface area contributed by atoms with Crippen molar-refractivity contribution in [2.24, 2.45) is 5.14 Å². The van der Waals surface area contributed by atoms with Gasteiger partial charge in [0, 0.05) is 9.92 Å². The Hall–Kier alpha value is -0.230. The highest BCUT2D eigenvalue weighted by molar-refractivity contribution is 7.90. The van der Waals surface area contributed by atoms with Crippen molar-refractivity contribution in [3.05, 3.63) is 22.7 Å². The van der Waals surface area contributed by atoms with E-state index in [4.69, 9.17) is 16.7 Å². The van der Waals surface area contributed by atoms with E-state index >= 15 is 0 Å². The molecule has 0 radical (unpaired) electrons. The van der Waals surface area contributed by atoms with Crippen molar-refractivity contribution in [2.75, 3.05) is 0 Å². The van der Waals surface area contributed by atoms with Crippen molar-refractivity contribution >= 4 is 34.3 Å². The quantitative estimate of drug-likeness (QED) is 0.729. The number of sulfonamides is 1. The van der Waals surface area contributed by atoms with Crippen LogP contribution in [0.5, 0.6) is 0 Å². The first-order valence-electron chi connectivity index (χ1n) is 3.34. The Bertz CT molecular complexity index is 442. The number of rotatable bonds is 1. The number of thiol groups is 1. The minimum atomic E-state index is -3.71. The minimum Gasteiger partial charge on any atom is -0.225 e. The average Bonchev–Trinajstić information content (AvgIpc) is 1.94. The highest BCUT2D eigenvalue weighted by atomic mass is 35.5. The lowest BCUT2D eigenvalue weighted by atomic mass is 10.2. The third-order valence-electron chi connectivity index (χ3n) is 1.55. The third-order valence-corrected chi connectivity index (χ3v) is 3.43. The van der Waals surface area contributed by atoms with E-state index in [1.807, 2.05) is 0 Å². The van der Waals surface area contributed by atoms with Gasteiger partial charge < -0.3 is 0 Å². The van der Waals surface area contributed by atoms with Gasteiger partial charge in [0.15, 0.2) is 0 Å². The van der Waals surface area contributed by atoms with Gasteiger partial charge in [-0.15, -0.1) is 12.6 Å². The molecule has 0 bridgehead atoms. The van der Waals surface area contributed by atoms with Crippen LogP contribution < -0.4 is 5.14 Å². The van der Waals surface area contributed by atoms with Crippen molar-refractivity contribution in [3.63, 3.8) is 0 Å². The highest BCUT2D eigenvalue weighted by Crippen LogP contribution is 2.25. The summed E-state index contributed by atoms with van der Waals surface area (Å²) in [5, 5.41) is 5.43. The van der Waals surface area contributed by atoms with E-state index in [0.29, 0.717) is 10.6 Å². The van der Waals surface area contributed by atoms with E-state index in [9.17, 15) is 8.42 Å². The summed E-state index contributed by atoms with van der Waals surface area (Å²) in [7, 11) is -3.71. The van der Waals surface area contributed by atoms with Gasteiger partial charge in [0.2, 0.25) is 10.0 Å². The van der Waals surface area contributed by atoms with Gasteiger partial charge in [0.1, 0.15) is 0 Å². The fourth-order valence-corrected chi connectivity index (χ4v) is 2.38. The van der Waals surface area contributed by atoms with Crippen LogP contribution in [0.2, 0.25) is 5.02 Å². The normalized spacial score (nSPS) is 11.7. The molecule has 0 spiro atoms. The van der Waals surface area contributed by atoms with Crippen LogP contribution in [0.25, 0.3) is 0 Å². The largest absolute Gasteiger partial charge is 0.239 e. The first-order valence-corrected chi connectivity index (χ1v) is 5.71. The summed E-state index contributed by atoms with van der Waals surface area (Å²) in [6.07, 6.45) is 0. The summed E-state index contributed by atoms with van der Waals surface area (Å²) in [6.45, 7) is 1.70. The van der Waals surface area contributed by atoms with Crippen LogP contribution in [0.3, 0.4) is 0 Å². The van der Waals surface area contributed by atoms with Gasteiger partial charge in [-0.25, -0.2) is 13.6 Å². The van der Waals surface area contributed by atoms with E-state index in [0.717, 1.165) is 0 Å². The molecule has 0 atom stereocenters. The van der Waals surface area contributed by atoms with Gasteiger partial charge >= 0.3 is 0 Å². The molecule has 0 aliphatic rings. The van der Waals surface area contributed by atoms with Crippen LogP contribution in [0.15, 0.2) is 21.9 Å². The number of hydrogen-bond donors (Lipinski definition) is 2. The molecule has 0 fully saturated rings. The second kappa shape index (κ2) is 3.49. The summed E-state index contributed by atoms with van der Waals surface area (Å²) in [4.78, 5) is 0.260. The van der Waals surface area contributed by atoms with Crippen molar-refractivity contribution in [1.82, 2.24) is 0 Å². The second-order valence-electron chi connectivity index (χ2n) is 2.61. The van der Waals surface area contributed by atoms with E-state index in [2.05, 4.69) is 12.6 Å². The molecule has 1 aromatic carbocycles. The maximum Gasteiger partial charge on any atom is 0.239 e. The molecule has 0 saturated heterocycles. The predicted molar refractivity (Wildman–Crippen MR) is 54.8 cm³/mol. The van der Waals surface area contributed by atoms with E-state index in [1.165, 1.54) is 12.1 Å². The summed E-state index contributed by atoms with van der Waals surface area (Å²) in [5.41, 5.74) is 0.656. The Kier molecular flexibility index (Phi) is 2.91. The molecular weight excluding hydrogens is 230 g/mol. The van der Waals surface area contributed by atoms with E-state index in [-0.39, 0.29) is 9.79 Å². The van der Waals surface area contributed by atoms with Crippen molar-refractivity contribution < 1.29 is 8.42 Å². The molecule has 72 valence electrons. The minimum absolute atomic E-state index is 0.00210. The van der Waals surface area contributed by atoms with E-state index in [1.54, 1.807) is 6.92 Å². The van der Waals surface area contributed by atoms with Crippen LogP contribution in [-0.2, 0) is 10.0 Å². The zero-order chi connectivity index (χ0) is 10.2. The lowest BCUT2D eigenvalue weighted by Crippen LogP contribution is -2.13. The Morgan fingerprint density at radius 2 is 2.00 bits per heavy atom. The first-order chi connectivity index (χ1) is 5.82. The molecule has 0 saturated carbocycles. The van der Waals surface area contributed by atoms with Crippen molar-refractivity contribution in [3.8, 4) is 0 Å². The van der Waals surface area contributed by atoms with Gasteiger partial charge in [0.05, 0.1) is 4.90 Å². The number of halogens is 1. The van der Waals surface area contributed by atoms with Crippen LogP contribution in [0.1, 0.15) is 5.56 Å². The summed E-state index contributed by atoms with van der Waals surface area (Å²) in [5.74, 6) is 0. The van der Waals surface area contributed by atoms with Gasteiger partial charge in [-0.1, -0.05) is 11.6 Å². The molecule has 13 heavy (non-hydrogen) atoms. The number of aryl methyl sites for hydroxylation is 1. The molecular formula is C7H8ClNO2S2. The molecule has 1 rings (SSSR count). The van der Waals surface area contributed by atoms with Gasteiger partial charge in [0.25, 0.3) is 0 Å². The maximum atomic E-state index is 11.0. The molecule has 6 heteroatoms. The molecule has 0 heterocycles. The molecule has 2 N–H and O–H groups in total. The molecule has 0 aliphatic heterocycles. The predicted octanol–water partition coefficient (Wildman–Crippen LogP) is 1.58. The van der Waals surface area contributed by atoms with Crippen LogP contribution in [0.4, 0.5) is 0 Å². The molecule has 0 aliphatic carbocycles. The summed E-state index contributed by atoms with van der Waals surface area (Å²) >= 11 is 9.72. The highest BCUT2D eigenvalue weighted by Gasteiger charge is 2.13. The lowest BCUT2D eigenvalue weighted by Gasteiger charge is -2.05. The van der Waals surface area contributed by atoms with Crippen molar-refractivity contribution in [2.45, 2.75) is 16.7 Å². The molecule has 3 nitrogen and oxygen atoms in total. The van der Waals surface area contributed by atoms with Crippen LogP contribution in [-0.4, -0.2) is 8.42 Å². The van der Waals surface area contributed by atoms with Gasteiger partial charge in [-0.2, -0.15) is 0 Å². The Balaban J connectivity index is 3.50. The van der Waals surface area contributed by atoms with E-state index < -0.39 is 10.0 Å². The van der Waals surface area contributed by atoms with Crippen LogP contribution >= 0.6 is 24.2 Å². The fourth-order valence-electron chi connectivity index (χ4n) is 0.872. The first kappa shape index (κ1) is 10.8. The lowest BCUT2D eigenvalue weighted by molar-refractivity contribution is 0.595. The standard InChI is InChI=1S/C7H8ClNO2S2/c1-4-2-7(13(9,10)11)6(12)3-5(4)8/h2-3,12H,1H3,(H2,9,10,11). The second-order valence-corrected chi connectivity index (χ2v) is 5.03. The summed E-state index contributed by atoms with van der Waals surface area (Å²) < 4.78 is 22.0. The summed E-state index contributed by atoms with van der Waals surface area (Å²) in [6, 6.07) is 2.86. The zero-order valence-corrected chi connectivity index (χ0v) is 9.25. The van der Waals surface area contributed by atoms with Gasteiger partial charge in [-0.3, -0.25) is 0 Å². The van der Waals surface area contributed by atoms with Crippen molar-refractivity contribution in [1.29, 1.82) is 0 Å². The average molecular weight is 238 g/mol. The monoisotopic (exact) mass is 237 g/mol. The van der Waals surface area contributed by atoms with Gasteiger partial charge in [-0.05, 0) is 24.6 Å². The molecule has 0 unspecified atom stereocenters. The number of primary sulfonamides is 1. The Morgan fingerprint density at radius 3 is 2.46 bits per heavy atom. The molecule has 0 aromatic heterocycles. The Labute approximate surface area is 87.4 Å². The fraction of sp³-hybridized carbons (Fsp3) is 0.143.